The Morgan fingerprint density at radius 2 is 1.77 bits per heavy atom. The van der Waals surface area contributed by atoms with Crippen molar-refractivity contribution in [2.24, 2.45) is 0 Å². The number of benzene rings is 2. The van der Waals surface area contributed by atoms with Crippen LogP contribution in [-0.4, -0.2) is 21.9 Å². The molecule has 26 heavy (non-hydrogen) atoms. The average Bonchev–Trinajstić information content (AvgIpc) is 3.02. The highest BCUT2D eigenvalue weighted by Crippen LogP contribution is 2.28. The summed E-state index contributed by atoms with van der Waals surface area (Å²) in [6, 6.07) is 12.9. The average molecular weight is 425 g/mol. The molecule has 0 saturated heterocycles. The van der Waals surface area contributed by atoms with Crippen LogP contribution in [-0.2, 0) is 4.79 Å². The van der Waals surface area contributed by atoms with Gasteiger partial charge in [0.25, 0.3) is 0 Å². The maximum atomic E-state index is 12.1. The molecule has 0 fully saturated rings. The molecule has 0 aliphatic carbocycles. The Bertz CT molecular complexity index is 895. The van der Waals surface area contributed by atoms with E-state index in [1.54, 1.807) is 18.2 Å². The van der Waals surface area contributed by atoms with E-state index in [-0.39, 0.29) is 11.7 Å². The minimum atomic E-state index is -0.170. The Hall–Kier alpha value is -1.80. The van der Waals surface area contributed by atoms with E-state index >= 15 is 0 Å². The first-order valence-corrected chi connectivity index (χ1v) is 10.1. The number of anilines is 3. The van der Waals surface area contributed by atoms with Crippen LogP contribution in [0.15, 0.2) is 46.8 Å². The largest absolute Gasteiger partial charge is 0.330 e. The van der Waals surface area contributed by atoms with Gasteiger partial charge in [-0.25, -0.2) is 0 Å². The number of nitrogens with zero attached hydrogens (tertiary/aromatic N) is 2. The van der Waals surface area contributed by atoms with Gasteiger partial charge >= 0.3 is 0 Å². The summed E-state index contributed by atoms with van der Waals surface area (Å²) in [6.45, 7) is 2.03. The fraction of sp³-hybridized carbons (Fsp3) is 0.118. The van der Waals surface area contributed by atoms with Gasteiger partial charge in [0.15, 0.2) is 4.34 Å². The Kier molecular flexibility index (Phi) is 6.37. The van der Waals surface area contributed by atoms with Crippen LogP contribution < -0.4 is 10.6 Å². The van der Waals surface area contributed by atoms with Crippen molar-refractivity contribution in [3.63, 3.8) is 0 Å². The summed E-state index contributed by atoms with van der Waals surface area (Å²) in [5.41, 5.74) is 2.70. The van der Waals surface area contributed by atoms with Crippen molar-refractivity contribution >= 4 is 68.7 Å². The molecule has 5 nitrogen and oxygen atoms in total. The number of nitrogens with one attached hydrogen (secondary N) is 2. The Balaban J connectivity index is 1.52. The van der Waals surface area contributed by atoms with Crippen LogP contribution in [0.2, 0.25) is 10.0 Å². The molecule has 3 aromatic rings. The minimum Gasteiger partial charge on any atom is -0.330 e. The smallest absolute Gasteiger partial charge is 0.234 e. The van der Waals surface area contributed by atoms with Crippen molar-refractivity contribution in [2.75, 3.05) is 16.4 Å². The van der Waals surface area contributed by atoms with E-state index in [0.717, 1.165) is 5.69 Å². The number of aryl methyl sites for hydroxylation is 1. The van der Waals surface area contributed by atoms with Crippen LogP contribution in [0.5, 0.6) is 0 Å². The molecule has 0 saturated carbocycles. The minimum absolute atomic E-state index is 0.170. The molecule has 2 aromatic carbocycles. The lowest BCUT2D eigenvalue weighted by molar-refractivity contribution is -0.113. The number of aromatic nitrogens is 2. The van der Waals surface area contributed by atoms with E-state index in [2.05, 4.69) is 20.8 Å². The topological polar surface area (TPSA) is 66.9 Å². The van der Waals surface area contributed by atoms with Crippen LogP contribution in [0.1, 0.15) is 5.56 Å². The normalized spacial score (nSPS) is 10.6. The van der Waals surface area contributed by atoms with Gasteiger partial charge in [0.05, 0.1) is 5.75 Å². The molecule has 0 aliphatic rings. The molecule has 0 aliphatic heterocycles. The van der Waals surface area contributed by atoms with Crippen LogP contribution in [0.3, 0.4) is 0 Å². The predicted octanol–water partition coefficient (Wildman–Crippen LogP) is 5.63. The van der Waals surface area contributed by atoms with Crippen LogP contribution >= 0.6 is 46.3 Å². The van der Waals surface area contributed by atoms with Gasteiger partial charge in [0, 0.05) is 21.4 Å². The molecule has 0 unspecified atom stereocenters. The lowest BCUT2D eigenvalue weighted by atomic mass is 10.2. The molecule has 0 radical (unpaired) electrons. The Morgan fingerprint density at radius 3 is 2.46 bits per heavy atom. The number of rotatable bonds is 6. The second-order valence-electron chi connectivity index (χ2n) is 5.36. The van der Waals surface area contributed by atoms with Crippen molar-refractivity contribution in [3.8, 4) is 0 Å². The number of carbonyl (C=O) groups excluding carboxylic acids is 1. The lowest BCUT2D eigenvalue weighted by Crippen LogP contribution is -2.13. The van der Waals surface area contributed by atoms with Crippen molar-refractivity contribution in [1.29, 1.82) is 0 Å². The third kappa shape index (κ3) is 5.60. The van der Waals surface area contributed by atoms with E-state index in [4.69, 9.17) is 23.2 Å². The molecular formula is C17H14Cl2N4OS2. The summed E-state index contributed by atoms with van der Waals surface area (Å²) in [5, 5.41) is 15.7. The molecule has 9 heteroatoms. The zero-order valence-corrected chi connectivity index (χ0v) is 16.8. The predicted molar refractivity (Wildman–Crippen MR) is 110 cm³/mol. The summed E-state index contributed by atoms with van der Waals surface area (Å²) in [6.07, 6.45) is 0. The first kappa shape index (κ1) is 19.0. The summed E-state index contributed by atoms with van der Waals surface area (Å²) < 4.78 is 0.707. The molecule has 1 aromatic heterocycles. The highest BCUT2D eigenvalue weighted by Gasteiger charge is 2.09. The third-order valence-electron chi connectivity index (χ3n) is 3.18. The van der Waals surface area contributed by atoms with Crippen molar-refractivity contribution in [1.82, 2.24) is 10.2 Å². The number of hydrogen-bond acceptors (Lipinski definition) is 6. The highest BCUT2D eigenvalue weighted by atomic mass is 35.5. The number of halogens is 2. The molecule has 0 bridgehead atoms. The lowest BCUT2D eigenvalue weighted by Gasteiger charge is -2.05. The highest BCUT2D eigenvalue weighted by molar-refractivity contribution is 8.01. The number of amides is 1. The second-order valence-corrected chi connectivity index (χ2v) is 8.43. The molecular weight excluding hydrogens is 411 g/mol. The molecule has 1 amide bonds. The molecule has 3 rings (SSSR count). The Morgan fingerprint density at radius 1 is 1.08 bits per heavy atom. The standard InChI is InChI=1S/C17H14Cl2N4OS2/c1-10-2-4-13(5-3-10)21-16-22-23-17(26-16)25-9-15(24)20-14-7-11(18)6-12(19)8-14/h2-8H,9H2,1H3,(H,20,24)(H,21,22). The van der Waals surface area contributed by atoms with E-state index in [0.29, 0.717) is 25.2 Å². The Labute approximate surface area is 169 Å². The number of thioether (sulfide) groups is 1. The molecule has 0 spiro atoms. The van der Waals surface area contributed by atoms with Gasteiger partial charge in [0.1, 0.15) is 0 Å². The van der Waals surface area contributed by atoms with E-state index < -0.39 is 0 Å². The van der Waals surface area contributed by atoms with Crippen molar-refractivity contribution < 1.29 is 4.79 Å². The van der Waals surface area contributed by atoms with Crippen LogP contribution in [0.25, 0.3) is 0 Å². The van der Waals surface area contributed by atoms with Crippen LogP contribution in [0.4, 0.5) is 16.5 Å². The van der Waals surface area contributed by atoms with Gasteiger partial charge in [-0.15, -0.1) is 10.2 Å². The third-order valence-corrected chi connectivity index (χ3v) is 5.59. The summed E-state index contributed by atoms with van der Waals surface area (Å²) in [7, 11) is 0. The molecule has 1 heterocycles. The number of hydrogen-bond donors (Lipinski definition) is 2. The van der Waals surface area contributed by atoms with Gasteiger partial charge in [-0.3, -0.25) is 4.79 Å². The summed E-state index contributed by atoms with van der Waals surface area (Å²) >= 11 is 14.5. The van der Waals surface area contributed by atoms with Gasteiger partial charge in [0.2, 0.25) is 11.0 Å². The maximum Gasteiger partial charge on any atom is 0.234 e. The second kappa shape index (κ2) is 8.73. The van der Waals surface area contributed by atoms with E-state index in [1.165, 1.54) is 28.7 Å². The fourth-order valence-electron chi connectivity index (χ4n) is 2.03. The number of carbonyl (C=O) groups is 1. The SMILES string of the molecule is Cc1ccc(Nc2nnc(SCC(=O)Nc3cc(Cl)cc(Cl)c3)s2)cc1. The monoisotopic (exact) mass is 424 g/mol. The summed E-state index contributed by atoms with van der Waals surface area (Å²) in [5.74, 6) is 0.0418. The molecule has 0 atom stereocenters. The zero-order valence-electron chi connectivity index (χ0n) is 13.6. The first-order chi connectivity index (χ1) is 12.5. The van der Waals surface area contributed by atoms with Gasteiger partial charge in [-0.1, -0.05) is 64.0 Å². The van der Waals surface area contributed by atoms with Crippen molar-refractivity contribution in [3.05, 3.63) is 58.1 Å². The quantitative estimate of drug-likeness (QED) is 0.501. The zero-order chi connectivity index (χ0) is 18.5. The molecule has 134 valence electrons. The van der Waals surface area contributed by atoms with Crippen molar-refractivity contribution in [2.45, 2.75) is 11.3 Å². The summed E-state index contributed by atoms with van der Waals surface area (Å²) in [4.78, 5) is 12.1. The van der Waals surface area contributed by atoms with E-state index in [9.17, 15) is 4.79 Å². The maximum absolute atomic E-state index is 12.1. The van der Waals surface area contributed by atoms with Gasteiger partial charge in [-0.2, -0.15) is 0 Å². The van der Waals surface area contributed by atoms with E-state index in [1.807, 2.05) is 31.2 Å². The van der Waals surface area contributed by atoms with Crippen LogP contribution in [0, 0.1) is 6.92 Å². The van der Waals surface area contributed by atoms with Gasteiger partial charge < -0.3 is 10.6 Å². The first-order valence-electron chi connectivity index (χ1n) is 7.54. The molecule has 2 N–H and O–H groups in total. The fourth-order valence-corrected chi connectivity index (χ4v) is 4.13. The van der Waals surface area contributed by atoms with Gasteiger partial charge in [-0.05, 0) is 37.3 Å².